The van der Waals surface area contributed by atoms with Gasteiger partial charge in [0.05, 0.1) is 13.2 Å². The minimum absolute atomic E-state index is 0.617. The highest BCUT2D eigenvalue weighted by atomic mass is 16.7. The van der Waals surface area contributed by atoms with Gasteiger partial charge >= 0.3 is 0 Å². The first-order valence-electron chi connectivity index (χ1n) is 12.7. The van der Waals surface area contributed by atoms with Crippen LogP contribution in [0.4, 0.5) is 0 Å². The largest absolute Gasteiger partial charge is 0.346 e. The smallest absolute Gasteiger partial charge is 0.191 e. The molecule has 0 amide bonds. The van der Waals surface area contributed by atoms with Crippen molar-refractivity contribution in [3.8, 4) is 22.3 Å². The number of hydrogen-bond acceptors (Lipinski definition) is 2. The summed E-state index contributed by atoms with van der Waals surface area (Å²) in [6, 6.07) is 28.1. The lowest BCUT2D eigenvalue weighted by atomic mass is 9.94. The molecule has 4 rings (SSSR count). The normalized spacial score (nSPS) is 14.7. The van der Waals surface area contributed by atoms with Crippen molar-refractivity contribution in [3.63, 3.8) is 0 Å². The maximum atomic E-state index is 6.21. The molecule has 0 saturated heterocycles. The second-order valence-corrected chi connectivity index (χ2v) is 8.93. The molecule has 0 N–H and O–H groups in total. The highest BCUT2D eigenvalue weighted by Gasteiger charge is 2.30. The van der Waals surface area contributed by atoms with Crippen LogP contribution in [-0.4, -0.2) is 19.0 Å². The molecule has 0 atom stereocenters. The molecule has 0 saturated carbocycles. The predicted molar refractivity (Wildman–Crippen MR) is 143 cm³/mol. The number of benzene rings is 3. The van der Waals surface area contributed by atoms with E-state index in [4.69, 9.17) is 9.47 Å². The van der Waals surface area contributed by atoms with Gasteiger partial charge in [-0.3, -0.25) is 0 Å². The Bertz CT molecular complexity index is 1070. The molecule has 2 heteroatoms. The Kier molecular flexibility index (Phi) is 8.51. The average molecular weight is 453 g/mol. The maximum Gasteiger partial charge on any atom is 0.191 e. The highest BCUT2D eigenvalue weighted by Crippen LogP contribution is 2.32. The predicted octanol–water partition coefficient (Wildman–Crippen LogP) is 8.69. The van der Waals surface area contributed by atoms with Crippen LogP contribution < -0.4 is 0 Å². The molecule has 0 fully saturated rings. The summed E-state index contributed by atoms with van der Waals surface area (Å²) in [5.41, 5.74) is 7.38. The summed E-state index contributed by atoms with van der Waals surface area (Å²) in [5, 5.41) is 0. The van der Waals surface area contributed by atoms with Crippen molar-refractivity contribution in [2.45, 2.75) is 51.7 Å². The Labute approximate surface area is 204 Å². The van der Waals surface area contributed by atoms with Gasteiger partial charge in [0.15, 0.2) is 5.79 Å². The number of unbranched alkanes of at least 4 members (excludes halogenated alkanes) is 2. The van der Waals surface area contributed by atoms with E-state index >= 15 is 0 Å². The number of hydrogen-bond donors (Lipinski definition) is 0. The molecular formula is C32H36O2. The maximum absolute atomic E-state index is 6.21. The van der Waals surface area contributed by atoms with E-state index in [9.17, 15) is 0 Å². The molecule has 176 valence electrons. The minimum Gasteiger partial charge on any atom is -0.346 e. The summed E-state index contributed by atoms with van der Waals surface area (Å²) < 4.78 is 12.4. The molecule has 3 aromatic carbocycles. The van der Waals surface area contributed by atoms with E-state index in [2.05, 4.69) is 111 Å². The third kappa shape index (κ3) is 6.14. The van der Waals surface area contributed by atoms with Gasteiger partial charge in [0.1, 0.15) is 0 Å². The van der Waals surface area contributed by atoms with Crippen molar-refractivity contribution in [2.75, 3.05) is 13.2 Å². The van der Waals surface area contributed by atoms with Crippen LogP contribution in [0.15, 0.2) is 97.1 Å². The summed E-state index contributed by atoms with van der Waals surface area (Å²) in [6.45, 7) is 5.83. The lowest BCUT2D eigenvalue weighted by Gasteiger charge is -2.32. The van der Waals surface area contributed by atoms with Crippen molar-refractivity contribution in [3.05, 3.63) is 103 Å². The van der Waals surface area contributed by atoms with E-state index in [1.807, 2.05) is 0 Å². The van der Waals surface area contributed by atoms with Crippen molar-refractivity contribution >= 4 is 5.57 Å². The summed E-state index contributed by atoms with van der Waals surface area (Å²) in [5.74, 6) is -0.617. The topological polar surface area (TPSA) is 18.5 Å². The zero-order valence-corrected chi connectivity index (χ0v) is 20.5. The fourth-order valence-electron chi connectivity index (χ4n) is 4.19. The number of allylic oxidation sites excluding steroid dienone is 2. The fourth-order valence-corrected chi connectivity index (χ4v) is 4.19. The van der Waals surface area contributed by atoms with Crippen LogP contribution in [0, 0.1) is 0 Å². The van der Waals surface area contributed by atoms with Gasteiger partial charge in [0.25, 0.3) is 0 Å². The Morgan fingerprint density at radius 2 is 1.09 bits per heavy atom. The molecule has 3 aromatic rings. The van der Waals surface area contributed by atoms with Gasteiger partial charge in [-0.15, -0.1) is 0 Å². The van der Waals surface area contributed by atoms with Gasteiger partial charge < -0.3 is 9.47 Å². The van der Waals surface area contributed by atoms with E-state index in [0.29, 0.717) is 0 Å². The minimum atomic E-state index is -0.617. The third-order valence-corrected chi connectivity index (χ3v) is 6.36. The molecule has 0 aliphatic heterocycles. The number of ether oxygens (including phenoxy) is 2. The first-order chi connectivity index (χ1) is 16.7. The van der Waals surface area contributed by atoms with Crippen LogP contribution in [0.1, 0.15) is 51.5 Å². The molecule has 0 spiro atoms. The molecule has 0 aromatic heterocycles. The fraction of sp³-hybridized carbons (Fsp3) is 0.312. The molecule has 0 unspecified atom stereocenters. The van der Waals surface area contributed by atoms with Gasteiger partial charge in [-0.2, -0.15) is 0 Å². The molecule has 34 heavy (non-hydrogen) atoms. The van der Waals surface area contributed by atoms with Crippen LogP contribution in [-0.2, 0) is 9.47 Å². The summed E-state index contributed by atoms with van der Waals surface area (Å²) in [6.07, 6.45) is 11.6. The highest BCUT2D eigenvalue weighted by molar-refractivity contribution is 5.77. The Hall–Kier alpha value is -2.94. The van der Waals surface area contributed by atoms with Crippen molar-refractivity contribution in [1.29, 1.82) is 0 Å². The quantitative estimate of drug-likeness (QED) is 0.214. The van der Waals surface area contributed by atoms with E-state index in [0.717, 1.165) is 45.3 Å². The van der Waals surface area contributed by atoms with Crippen LogP contribution in [0.25, 0.3) is 27.8 Å². The monoisotopic (exact) mass is 452 g/mol. The SMILES string of the molecule is CCCCOC1(OCCCC)C=CC(c2ccc(-c3ccc(-c4ccccc4)cc3)cc2)=CC1. The van der Waals surface area contributed by atoms with Crippen molar-refractivity contribution in [1.82, 2.24) is 0 Å². The molecule has 1 aliphatic rings. The van der Waals surface area contributed by atoms with E-state index in [1.165, 1.54) is 33.4 Å². The van der Waals surface area contributed by atoms with Crippen LogP contribution in [0.3, 0.4) is 0 Å². The lowest BCUT2D eigenvalue weighted by molar-refractivity contribution is -0.203. The zero-order valence-electron chi connectivity index (χ0n) is 20.5. The Balaban J connectivity index is 1.43. The second-order valence-electron chi connectivity index (χ2n) is 8.93. The molecular weight excluding hydrogens is 416 g/mol. The first-order valence-corrected chi connectivity index (χ1v) is 12.7. The van der Waals surface area contributed by atoms with Crippen LogP contribution in [0.5, 0.6) is 0 Å². The molecule has 0 radical (unpaired) electrons. The third-order valence-electron chi connectivity index (χ3n) is 6.36. The molecule has 2 nitrogen and oxygen atoms in total. The lowest BCUT2D eigenvalue weighted by Crippen LogP contribution is -2.35. The zero-order chi connectivity index (χ0) is 23.6. The second kappa shape index (κ2) is 12.0. The number of rotatable bonds is 11. The Morgan fingerprint density at radius 3 is 1.53 bits per heavy atom. The molecule has 0 heterocycles. The summed E-state index contributed by atoms with van der Waals surface area (Å²) in [4.78, 5) is 0. The van der Waals surface area contributed by atoms with Gasteiger partial charge in [0, 0.05) is 6.42 Å². The van der Waals surface area contributed by atoms with Crippen LogP contribution >= 0.6 is 0 Å². The van der Waals surface area contributed by atoms with E-state index < -0.39 is 5.79 Å². The summed E-state index contributed by atoms with van der Waals surface area (Å²) >= 11 is 0. The standard InChI is InChI=1S/C32H36O2/c1-3-5-24-33-32(34-25-6-4-2)22-20-31(21-23-32)30-18-16-29(17-19-30)28-14-12-27(13-15-28)26-10-8-7-9-11-26/h7-22H,3-6,23-25H2,1-2H3. The molecule has 1 aliphatic carbocycles. The average Bonchev–Trinajstić information content (AvgIpc) is 2.90. The van der Waals surface area contributed by atoms with Crippen molar-refractivity contribution in [2.24, 2.45) is 0 Å². The van der Waals surface area contributed by atoms with Crippen molar-refractivity contribution < 1.29 is 9.47 Å². The van der Waals surface area contributed by atoms with Gasteiger partial charge in [-0.1, -0.05) is 118 Å². The Morgan fingerprint density at radius 1 is 0.618 bits per heavy atom. The summed E-state index contributed by atoms with van der Waals surface area (Å²) in [7, 11) is 0. The van der Waals surface area contributed by atoms with Gasteiger partial charge in [-0.25, -0.2) is 0 Å². The van der Waals surface area contributed by atoms with E-state index in [1.54, 1.807) is 0 Å². The van der Waals surface area contributed by atoms with E-state index in [-0.39, 0.29) is 0 Å². The first kappa shape index (κ1) is 24.2. The molecule has 0 bridgehead atoms. The van der Waals surface area contributed by atoms with Gasteiger partial charge in [0.2, 0.25) is 0 Å². The van der Waals surface area contributed by atoms with Gasteiger partial charge in [-0.05, 0) is 52.3 Å². The van der Waals surface area contributed by atoms with Crippen LogP contribution in [0.2, 0.25) is 0 Å².